The number of hydrogen-bond donors (Lipinski definition) is 1. The topological polar surface area (TPSA) is 63.6 Å². The van der Waals surface area contributed by atoms with Crippen LogP contribution in [0.1, 0.15) is 187 Å². The van der Waals surface area contributed by atoms with Crippen LogP contribution < -0.4 is 0 Å². The van der Waals surface area contributed by atoms with Crippen molar-refractivity contribution in [1.29, 1.82) is 0 Å². The molecule has 0 aliphatic carbocycles. The Kier molecular flexibility index (Phi) is 33.7. The lowest BCUT2D eigenvalue weighted by Gasteiger charge is -2.13. The van der Waals surface area contributed by atoms with Gasteiger partial charge < -0.3 is 9.84 Å². The number of ether oxygens (including phenoxy) is 1. The van der Waals surface area contributed by atoms with Gasteiger partial charge in [0.1, 0.15) is 0 Å². The van der Waals surface area contributed by atoms with E-state index in [1.54, 1.807) is 0 Å². The van der Waals surface area contributed by atoms with Gasteiger partial charge in [-0.05, 0) is 71.1 Å². The summed E-state index contributed by atoms with van der Waals surface area (Å²) < 4.78 is 5.61. The fourth-order valence-corrected chi connectivity index (χ4v) is 5.27. The van der Waals surface area contributed by atoms with E-state index < -0.39 is 5.97 Å². The molecule has 4 heteroatoms. The molecule has 4 nitrogen and oxygen atoms in total. The summed E-state index contributed by atoms with van der Waals surface area (Å²) in [7, 11) is 0. The second-order valence-corrected chi connectivity index (χ2v) is 12.5. The number of allylic oxidation sites excluding steroid dienone is 8. The van der Waals surface area contributed by atoms with Gasteiger partial charge in [0.25, 0.3) is 0 Å². The summed E-state index contributed by atoms with van der Waals surface area (Å²) in [5, 5.41) is 8.64. The Morgan fingerprint density at radius 3 is 1.39 bits per heavy atom. The second kappa shape index (κ2) is 35.4. The highest BCUT2D eigenvalue weighted by Gasteiger charge is 2.08. The van der Waals surface area contributed by atoms with E-state index in [9.17, 15) is 9.59 Å². The van der Waals surface area contributed by atoms with Gasteiger partial charge >= 0.3 is 11.9 Å². The number of unbranched alkanes of at least 4 members (excludes halogenated alkanes) is 18. The average Bonchev–Trinajstić information content (AvgIpc) is 3.00. The molecule has 0 aromatic carbocycles. The molecule has 0 bridgehead atoms. The van der Waals surface area contributed by atoms with E-state index in [1.165, 1.54) is 103 Å². The Labute approximate surface area is 272 Å². The van der Waals surface area contributed by atoms with Gasteiger partial charge in [-0.15, -0.1) is 0 Å². The Hall–Kier alpha value is -2.10. The molecule has 0 amide bonds. The molecule has 0 saturated heterocycles. The van der Waals surface area contributed by atoms with Crippen molar-refractivity contribution >= 4 is 11.9 Å². The molecule has 1 N–H and O–H groups in total. The third-order valence-corrected chi connectivity index (χ3v) is 8.04. The number of carbonyl (C=O) groups is 2. The molecule has 0 aromatic heterocycles. The number of hydrogen-bond acceptors (Lipinski definition) is 3. The first-order valence-electron chi connectivity index (χ1n) is 18.6. The Morgan fingerprint density at radius 2 is 0.932 bits per heavy atom. The smallest absolute Gasteiger partial charge is 0.306 e. The zero-order valence-corrected chi connectivity index (χ0v) is 29.0. The van der Waals surface area contributed by atoms with Crippen LogP contribution in [0.5, 0.6) is 0 Å². The summed E-state index contributed by atoms with van der Waals surface area (Å²) in [5.41, 5.74) is 0. The molecule has 1 unspecified atom stereocenters. The molecule has 0 spiro atoms. The quantitative estimate of drug-likeness (QED) is 0.0454. The SMILES string of the molecule is CCCCC/C=C\C/C=C\C/C=C\C/C=C\CCCC(=O)OC(C)CCCCCCCCCCCCCCCCCC(=O)O. The third-order valence-electron chi connectivity index (χ3n) is 8.04. The van der Waals surface area contributed by atoms with Crippen LogP contribution in [0.15, 0.2) is 48.6 Å². The van der Waals surface area contributed by atoms with Crippen molar-refractivity contribution in [3.63, 3.8) is 0 Å². The number of aliphatic carboxylic acids is 1. The second-order valence-electron chi connectivity index (χ2n) is 12.5. The highest BCUT2D eigenvalue weighted by Crippen LogP contribution is 2.15. The Balaban J connectivity index is 3.44. The van der Waals surface area contributed by atoms with E-state index in [1.807, 2.05) is 6.92 Å². The van der Waals surface area contributed by atoms with E-state index >= 15 is 0 Å². The molecule has 0 saturated carbocycles. The normalized spacial score (nSPS) is 12.8. The zero-order chi connectivity index (χ0) is 32.2. The Bertz CT molecular complexity index is 748. The molecule has 0 aliphatic rings. The Morgan fingerprint density at radius 1 is 0.523 bits per heavy atom. The van der Waals surface area contributed by atoms with Crippen LogP contribution >= 0.6 is 0 Å². The zero-order valence-electron chi connectivity index (χ0n) is 29.0. The predicted octanol–water partition coefficient (Wildman–Crippen LogP) is 12.8. The van der Waals surface area contributed by atoms with Crippen LogP contribution in [-0.4, -0.2) is 23.1 Å². The number of carboxylic acid groups (broad SMARTS) is 1. The van der Waals surface area contributed by atoms with E-state index in [0.717, 1.165) is 57.8 Å². The summed E-state index contributed by atoms with van der Waals surface area (Å²) in [6, 6.07) is 0. The number of rotatable bonds is 33. The summed E-state index contributed by atoms with van der Waals surface area (Å²) in [6.07, 6.45) is 48.3. The first kappa shape index (κ1) is 41.9. The van der Waals surface area contributed by atoms with Crippen molar-refractivity contribution in [3.8, 4) is 0 Å². The van der Waals surface area contributed by atoms with Gasteiger partial charge in [-0.25, -0.2) is 0 Å². The molecule has 0 heterocycles. The van der Waals surface area contributed by atoms with Crippen LogP contribution in [0.3, 0.4) is 0 Å². The van der Waals surface area contributed by atoms with Gasteiger partial charge in [-0.3, -0.25) is 9.59 Å². The van der Waals surface area contributed by atoms with E-state index in [2.05, 4.69) is 55.5 Å². The third kappa shape index (κ3) is 36.1. The van der Waals surface area contributed by atoms with Gasteiger partial charge in [-0.1, -0.05) is 152 Å². The van der Waals surface area contributed by atoms with Crippen molar-refractivity contribution in [1.82, 2.24) is 0 Å². The highest BCUT2D eigenvalue weighted by atomic mass is 16.5. The fraction of sp³-hybridized carbons (Fsp3) is 0.750. The standard InChI is InChI=1S/C40H70O4/c1-3-4-5-6-7-8-9-10-11-12-16-19-22-25-28-31-34-37-40(43)44-38(2)35-32-29-26-23-20-17-14-13-15-18-21-24-27-30-33-36-39(41)42/h7-8,10-11,16,19,25,28,38H,3-6,9,12-15,17-18,20-24,26-27,29-37H2,1-2H3,(H,41,42)/b8-7-,11-10-,19-16-,28-25-. The van der Waals surface area contributed by atoms with Crippen LogP contribution in [0.4, 0.5) is 0 Å². The first-order chi connectivity index (χ1) is 21.6. The molecule has 1 atom stereocenters. The number of esters is 1. The maximum Gasteiger partial charge on any atom is 0.306 e. The average molecular weight is 615 g/mol. The minimum Gasteiger partial charge on any atom is -0.481 e. The van der Waals surface area contributed by atoms with Gasteiger partial charge in [-0.2, -0.15) is 0 Å². The van der Waals surface area contributed by atoms with Crippen molar-refractivity contribution in [2.75, 3.05) is 0 Å². The van der Waals surface area contributed by atoms with E-state index in [-0.39, 0.29) is 12.1 Å². The number of carbonyl (C=O) groups excluding carboxylic acids is 1. The fourth-order valence-electron chi connectivity index (χ4n) is 5.27. The van der Waals surface area contributed by atoms with Gasteiger partial charge in [0, 0.05) is 12.8 Å². The van der Waals surface area contributed by atoms with Crippen molar-refractivity contribution < 1.29 is 19.4 Å². The van der Waals surface area contributed by atoms with Gasteiger partial charge in [0.05, 0.1) is 6.10 Å². The molecule has 0 rings (SSSR count). The van der Waals surface area contributed by atoms with Crippen molar-refractivity contribution in [2.24, 2.45) is 0 Å². The summed E-state index contributed by atoms with van der Waals surface area (Å²) in [4.78, 5) is 22.6. The monoisotopic (exact) mass is 615 g/mol. The maximum atomic E-state index is 12.1. The largest absolute Gasteiger partial charge is 0.481 e. The lowest BCUT2D eigenvalue weighted by molar-refractivity contribution is -0.148. The minimum atomic E-state index is -0.668. The molecular formula is C40H70O4. The van der Waals surface area contributed by atoms with Crippen molar-refractivity contribution in [3.05, 3.63) is 48.6 Å². The molecule has 44 heavy (non-hydrogen) atoms. The van der Waals surface area contributed by atoms with Crippen LogP contribution in [0.2, 0.25) is 0 Å². The number of carboxylic acids is 1. The summed E-state index contributed by atoms with van der Waals surface area (Å²) in [5.74, 6) is -0.720. The van der Waals surface area contributed by atoms with Gasteiger partial charge in [0.2, 0.25) is 0 Å². The van der Waals surface area contributed by atoms with Crippen molar-refractivity contribution in [2.45, 2.75) is 193 Å². The molecule has 0 aromatic rings. The first-order valence-corrected chi connectivity index (χ1v) is 18.6. The highest BCUT2D eigenvalue weighted by molar-refractivity contribution is 5.69. The molecular weight excluding hydrogens is 544 g/mol. The lowest BCUT2D eigenvalue weighted by atomic mass is 10.0. The van der Waals surface area contributed by atoms with Crippen LogP contribution in [-0.2, 0) is 14.3 Å². The summed E-state index contributed by atoms with van der Waals surface area (Å²) in [6.45, 7) is 4.27. The van der Waals surface area contributed by atoms with E-state index in [0.29, 0.717) is 12.8 Å². The maximum absolute atomic E-state index is 12.1. The van der Waals surface area contributed by atoms with E-state index in [4.69, 9.17) is 9.84 Å². The minimum absolute atomic E-state index is 0.0313. The lowest BCUT2D eigenvalue weighted by Crippen LogP contribution is -2.14. The molecule has 254 valence electrons. The molecule has 0 fully saturated rings. The molecule has 0 aliphatic heterocycles. The van der Waals surface area contributed by atoms with Crippen LogP contribution in [0.25, 0.3) is 0 Å². The predicted molar refractivity (Wildman–Crippen MR) is 190 cm³/mol. The van der Waals surface area contributed by atoms with Crippen LogP contribution in [0, 0.1) is 0 Å². The van der Waals surface area contributed by atoms with Gasteiger partial charge in [0.15, 0.2) is 0 Å². The summed E-state index contributed by atoms with van der Waals surface area (Å²) >= 11 is 0. The molecule has 0 radical (unpaired) electrons.